The standard InChI is InChI=1S/C19H22N4/c1-14-3-5-17-16(11-14)12-18(21-17)15-4-6-19(20-13-15)23-9-7-22(2)8-10-23/h3-6,11-13,21H,7-10H2,1-2H3. The van der Waals surface area contributed by atoms with Crippen LogP contribution in [0.25, 0.3) is 22.2 Å². The minimum absolute atomic E-state index is 1.05. The molecule has 4 rings (SSSR count). The molecule has 0 unspecified atom stereocenters. The number of pyridine rings is 1. The summed E-state index contributed by atoms with van der Waals surface area (Å²) < 4.78 is 0. The van der Waals surface area contributed by atoms with Crippen molar-refractivity contribution >= 4 is 16.7 Å². The Morgan fingerprint density at radius 3 is 2.57 bits per heavy atom. The average Bonchev–Trinajstić information content (AvgIpc) is 2.99. The van der Waals surface area contributed by atoms with E-state index in [-0.39, 0.29) is 0 Å². The van der Waals surface area contributed by atoms with Gasteiger partial charge in [-0.3, -0.25) is 0 Å². The highest BCUT2D eigenvalue weighted by Gasteiger charge is 2.15. The van der Waals surface area contributed by atoms with Crippen molar-refractivity contribution in [2.24, 2.45) is 0 Å². The lowest BCUT2D eigenvalue weighted by molar-refractivity contribution is 0.312. The van der Waals surface area contributed by atoms with Crippen molar-refractivity contribution in [1.82, 2.24) is 14.9 Å². The van der Waals surface area contributed by atoms with E-state index in [1.54, 1.807) is 0 Å². The van der Waals surface area contributed by atoms with E-state index < -0.39 is 0 Å². The van der Waals surface area contributed by atoms with Crippen molar-refractivity contribution in [1.29, 1.82) is 0 Å². The van der Waals surface area contributed by atoms with Gasteiger partial charge in [0.1, 0.15) is 5.82 Å². The SMILES string of the molecule is Cc1ccc2[nH]c(-c3ccc(N4CCN(C)CC4)nc3)cc2c1. The van der Waals surface area contributed by atoms with E-state index in [0.29, 0.717) is 0 Å². The summed E-state index contributed by atoms with van der Waals surface area (Å²) >= 11 is 0. The summed E-state index contributed by atoms with van der Waals surface area (Å²) in [5, 5.41) is 1.25. The first-order valence-electron chi connectivity index (χ1n) is 8.18. The first kappa shape index (κ1) is 14.3. The van der Waals surface area contributed by atoms with E-state index in [1.807, 2.05) is 6.20 Å². The third-order valence-electron chi connectivity index (χ3n) is 4.66. The number of rotatable bonds is 2. The topological polar surface area (TPSA) is 35.2 Å². The molecule has 1 aliphatic rings. The lowest BCUT2D eigenvalue weighted by Crippen LogP contribution is -2.44. The molecular formula is C19H22N4. The van der Waals surface area contributed by atoms with E-state index in [0.717, 1.165) is 43.3 Å². The lowest BCUT2D eigenvalue weighted by Gasteiger charge is -2.33. The zero-order valence-corrected chi connectivity index (χ0v) is 13.7. The van der Waals surface area contributed by atoms with Gasteiger partial charge in [-0.1, -0.05) is 11.6 Å². The Kier molecular flexibility index (Phi) is 3.54. The number of benzene rings is 1. The molecule has 1 aliphatic heterocycles. The number of hydrogen-bond acceptors (Lipinski definition) is 3. The Morgan fingerprint density at radius 1 is 1.00 bits per heavy atom. The van der Waals surface area contributed by atoms with Crippen LogP contribution in [-0.2, 0) is 0 Å². The summed E-state index contributed by atoms with van der Waals surface area (Å²) in [5.41, 5.74) is 4.72. The highest BCUT2D eigenvalue weighted by atomic mass is 15.3. The Hall–Kier alpha value is -2.33. The molecule has 0 amide bonds. The van der Waals surface area contributed by atoms with E-state index in [4.69, 9.17) is 0 Å². The summed E-state index contributed by atoms with van der Waals surface area (Å²) in [6.07, 6.45) is 1.98. The minimum Gasteiger partial charge on any atom is -0.354 e. The number of anilines is 1. The number of aromatic nitrogens is 2. The number of aryl methyl sites for hydroxylation is 1. The summed E-state index contributed by atoms with van der Waals surface area (Å²) in [5.74, 6) is 1.08. The fraction of sp³-hybridized carbons (Fsp3) is 0.316. The van der Waals surface area contributed by atoms with Gasteiger partial charge in [0.05, 0.1) is 0 Å². The van der Waals surface area contributed by atoms with Crippen LogP contribution in [0.4, 0.5) is 5.82 Å². The lowest BCUT2D eigenvalue weighted by atomic mass is 10.1. The molecule has 0 radical (unpaired) electrons. The third kappa shape index (κ3) is 2.82. The van der Waals surface area contributed by atoms with E-state index >= 15 is 0 Å². The molecule has 0 aliphatic carbocycles. The number of hydrogen-bond donors (Lipinski definition) is 1. The van der Waals surface area contributed by atoms with Gasteiger partial charge < -0.3 is 14.8 Å². The summed E-state index contributed by atoms with van der Waals surface area (Å²) in [7, 11) is 2.17. The molecule has 4 nitrogen and oxygen atoms in total. The quantitative estimate of drug-likeness (QED) is 0.789. The highest BCUT2D eigenvalue weighted by molar-refractivity contribution is 5.86. The smallest absolute Gasteiger partial charge is 0.128 e. The molecule has 23 heavy (non-hydrogen) atoms. The van der Waals surface area contributed by atoms with Crippen LogP contribution in [0.2, 0.25) is 0 Å². The number of nitrogens with one attached hydrogen (secondary N) is 1. The summed E-state index contributed by atoms with van der Waals surface area (Å²) in [4.78, 5) is 12.9. The fourth-order valence-electron chi connectivity index (χ4n) is 3.18. The zero-order valence-electron chi connectivity index (χ0n) is 13.7. The molecule has 1 saturated heterocycles. The molecule has 1 fully saturated rings. The predicted molar refractivity (Wildman–Crippen MR) is 96.0 cm³/mol. The maximum Gasteiger partial charge on any atom is 0.128 e. The predicted octanol–water partition coefficient (Wildman–Crippen LogP) is 3.29. The van der Waals surface area contributed by atoms with Gasteiger partial charge in [0.25, 0.3) is 0 Å². The molecule has 3 heterocycles. The Morgan fingerprint density at radius 2 is 1.83 bits per heavy atom. The number of fused-ring (bicyclic) bond motifs is 1. The number of likely N-dealkylation sites (N-methyl/N-ethyl adjacent to an activating group) is 1. The van der Waals surface area contributed by atoms with Gasteiger partial charge in [0.15, 0.2) is 0 Å². The second-order valence-electron chi connectivity index (χ2n) is 6.47. The van der Waals surface area contributed by atoms with Crippen LogP contribution in [-0.4, -0.2) is 48.1 Å². The van der Waals surface area contributed by atoms with Gasteiger partial charge in [-0.25, -0.2) is 4.98 Å². The molecule has 4 heteroatoms. The van der Waals surface area contributed by atoms with Crippen LogP contribution in [0.15, 0.2) is 42.6 Å². The highest BCUT2D eigenvalue weighted by Crippen LogP contribution is 2.25. The maximum atomic E-state index is 4.68. The molecule has 1 N–H and O–H groups in total. The van der Waals surface area contributed by atoms with Crippen molar-refractivity contribution < 1.29 is 0 Å². The Labute approximate surface area is 136 Å². The molecular weight excluding hydrogens is 284 g/mol. The molecule has 0 spiro atoms. The Bertz CT molecular complexity index is 811. The van der Waals surface area contributed by atoms with Gasteiger partial charge >= 0.3 is 0 Å². The Balaban J connectivity index is 1.59. The third-order valence-corrected chi connectivity index (χ3v) is 4.66. The maximum absolute atomic E-state index is 4.68. The van der Waals surface area contributed by atoms with Crippen molar-refractivity contribution in [2.75, 3.05) is 38.1 Å². The molecule has 2 aromatic heterocycles. The van der Waals surface area contributed by atoms with Gasteiger partial charge in [0, 0.05) is 54.5 Å². The summed E-state index contributed by atoms with van der Waals surface area (Å²) in [6.45, 7) is 6.43. The first-order valence-corrected chi connectivity index (χ1v) is 8.18. The fourth-order valence-corrected chi connectivity index (χ4v) is 3.18. The van der Waals surface area contributed by atoms with Crippen molar-refractivity contribution in [3.63, 3.8) is 0 Å². The summed E-state index contributed by atoms with van der Waals surface area (Å²) in [6, 6.07) is 13.0. The van der Waals surface area contributed by atoms with Gasteiger partial charge in [0.2, 0.25) is 0 Å². The van der Waals surface area contributed by atoms with Crippen LogP contribution in [0.3, 0.4) is 0 Å². The van der Waals surface area contributed by atoms with Crippen LogP contribution >= 0.6 is 0 Å². The normalized spacial score (nSPS) is 16.2. The van der Waals surface area contributed by atoms with Crippen LogP contribution < -0.4 is 4.90 Å². The second-order valence-corrected chi connectivity index (χ2v) is 6.47. The van der Waals surface area contributed by atoms with Crippen molar-refractivity contribution in [3.05, 3.63) is 48.2 Å². The molecule has 0 atom stereocenters. The monoisotopic (exact) mass is 306 g/mol. The van der Waals surface area contributed by atoms with Gasteiger partial charge in [-0.05, 0) is 44.3 Å². The largest absolute Gasteiger partial charge is 0.354 e. The van der Waals surface area contributed by atoms with Crippen LogP contribution in [0.1, 0.15) is 5.56 Å². The van der Waals surface area contributed by atoms with E-state index in [9.17, 15) is 0 Å². The molecule has 0 bridgehead atoms. The molecule has 1 aromatic carbocycles. The van der Waals surface area contributed by atoms with Gasteiger partial charge in [-0.2, -0.15) is 0 Å². The van der Waals surface area contributed by atoms with Crippen molar-refractivity contribution in [3.8, 4) is 11.3 Å². The zero-order chi connectivity index (χ0) is 15.8. The van der Waals surface area contributed by atoms with Crippen molar-refractivity contribution in [2.45, 2.75) is 6.92 Å². The molecule has 3 aromatic rings. The van der Waals surface area contributed by atoms with Gasteiger partial charge in [-0.15, -0.1) is 0 Å². The second kappa shape index (κ2) is 5.70. The minimum atomic E-state index is 1.05. The van der Waals surface area contributed by atoms with E-state index in [1.165, 1.54) is 16.5 Å². The number of piperazine rings is 1. The molecule has 0 saturated carbocycles. The van der Waals surface area contributed by atoms with E-state index in [2.05, 4.69) is 70.1 Å². The van der Waals surface area contributed by atoms with Crippen LogP contribution in [0, 0.1) is 6.92 Å². The average molecular weight is 306 g/mol. The number of aromatic amines is 1. The first-order chi connectivity index (χ1) is 11.2. The molecule has 118 valence electrons. The number of H-pyrrole nitrogens is 1. The number of nitrogens with zero attached hydrogens (tertiary/aromatic N) is 3. The van der Waals surface area contributed by atoms with Crippen LogP contribution in [0.5, 0.6) is 0 Å².